The molecule has 3 rings (SSSR count). The molecule has 0 unspecified atom stereocenters. The molecular formula is C20H20BrN3O4. The fourth-order valence-corrected chi connectivity index (χ4v) is 2.79. The number of halogens is 1. The van der Waals surface area contributed by atoms with E-state index in [0.717, 1.165) is 15.8 Å². The van der Waals surface area contributed by atoms with Gasteiger partial charge in [0.15, 0.2) is 0 Å². The molecule has 0 bridgehead atoms. The molecule has 3 aromatic rings. The van der Waals surface area contributed by atoms with E-state index in [1.54, 1.807) is 30.8 Å². The molecule has 0 radical (unpaired) electrons. The van der Waals surface area contributed by atoms with E-state index in [1.807, 2.05) is 36.4 Å². The molecule has 0 saturated heterocycles. The number of carbonyl (C=O) groups is 1. The summed E-state index contributed by atoms with van der Waals surface area (Å²) in [6.45, 7) is 2.47. The molecule has 0 spiro atoms. The number of hydrogen-bond acceptors (Lipinski definition) is 6. The maximum absolute atomic E-state index is 12.2. The molecule has 0 aliphatic rings. The Labute approximate surface area is 171 Å². The van der Waals surface area contributed by atoms with Gasteiger partial charge in [-0.2, -0.15) is 0 Å². The van der Waals surface area contributed by atoms with E-state index in [4.69, 9.17) is 14.2 Å². The van der Waals surface area contributed by atoms with Crippen molar-refractivity contribution < 1.29 is 19.0 Å². The molecule has 7 nitrogen and oxygen atoms in total. The first-order valence-corrected chi connectivity index (χ1v) is 9.57. The zero-order valence-corrected chi connectivity index (χ0v) is 17.2. The summed E-state index contributed by atoms with van der Waals surface area (Å²) in [7, 11) is 1.63. The van der Waals surface area contributed by atoms with Crippen LogP contribution >= 0.6 is 15.9 Å². The highest BCUT2D eigenvalue weighted by atomic mass is 79.9. The number of rotatable bonds is 8. The van der Waals surface area contributed by atoms with Crippen molar-refractivity contribution in [2.45, 2.75) is 19.9 Å². The summed E-state index contributed by atoms with van der Waals surface area (Å²) in [5.74, 6) is 1.06. The second-order valence-corrected chi connectivity index (χ2v) is 6.76. The van der Waals surface area contributed by atoms with Gasteiger partial charge in [0, 0.05) is 4.47 Å². The van der Waals surface area contributed by atoms with Crippen LogP contribution in [0.4, 0.5) is 0 Å². The molecule has 0 amide bonds. The van der Waals surface area contributed by atoms with E-state index < -0.39 is 5.97 Å². The van der Waals surface area contributed by atoms with E-state index in [-0.39, 0.29) is 18.2 Å². The van der Waals surface area contributed by atoms with Crippen molar-refractivity contribution >= 4 is 21.9 Å². The molecule has 2 aromatic carbocycles. The minimum atomic E-state index is -0.565. The van der Waals surface area contributed by atoms with E-state index >= 15 is 0 Å². The number of benzene rings is 2. The van der Waals surface area contributed by atoms with Crippen LogP contribution in [0, 0.1) is 0 Å². The summed E-state index contributed by atoms with van der Waals surface area (Å²) in [5, 5.41) is 8.06. The summed E-state index contributed by atoms with van der Waals surface area (Å²) in [6.07, 6.45) is 0.687. The highest BCUT2D eigenvalue weighted by molar-refractivity contribution is 9.10. The van der Waals surface area contributed by atoms with Crippen LogP contribution in [0.15, 0.2) is 53.0 Å². The average molecular weight is 446 g/mol. The van der Waals surface area contributed by atoms with Crippen molar-refractivity contribution in [2.75, 3.05) is 13.7 Å². The fourth-order valence-electron chi connectivity index (χ4n) is 2.52. The van der Waals surface area contributed by atoms with Gasteiger partial charge in [-0.25, -0.2) is 9.48 Å². The Balaban J connectivity index is 1.82. The first-order chi connectivity index (χ1) is 13.6. The van der Waals surface area contributed by atoms with Crippen LogP contribution < -0.4 is 9.47 Å². The van der Waals surface area contributed by atoms with Crippen LogP contribution in [0.3, 0.4) is 0 Å². The van der Waals surface area contributed by atoms with Gasteiger partial charge in [0.2, 0.25) is 5.69 Å². The lowest BCUT2D eigenvalue weighted by molar-refractivity contribution is 0.0516. The maximum atomic E-state index is 12.2. The molecular weight excluding hydrogens is 426 g/mol. The number of methoxy groups -OCH3 is 1. The molecule has 8 heteroatoms. The molecule has 0 atom stereocenters. The van der Waals surface area contributed by atoms with Gasteiger partial charge in [0.05, 0.1) is 20.3 Å². The molecule has 28 heavy (non-hydrogen) atoms. The summed E-state index contributed by atoms with van der Waals surface area (Å²) >= 11 is 3.39. The highest BCUT2D eigenvalue weighted by Crippen LogP contribution is 2.26. The number of nitrogens with zero attached hydrogens (tertiary/aromatic N) is 3. The molecule has 0 aliphatic heterocycles. The van der Waals surface area contributed by atoms with Crippen LogP contribution in [-0.2, 0) is 17.7 Å². The van der Waals surface area contributed by atoms with Crippen molar-refractivity contribution in [1.29, 1.82) is 0 Å². The van der Waals surface area contributed by atoms with Gasteiger partial charge in [-0.15, -0.1) is 5.10 Å². The van der Waals surface area contributed by atoms with Crippen LogP contribution in [0.5, 0.6) is 17.4 Å². The predicted molar refractivity (Wildman–Crippen MR) is 107 cm³/mol. The van der Waals surface area contributed by atoms with Crippen LogP contribution in [-0.4, -0.2) is 34.7 Å². The zero-order valence-electron chi connectivity index (χ0n) is 15.6. The number of esters is 1. The van der Waals surface area contributed by atoms with Crippen LogP contribution in [0.1, 0.15) is 23.0 Å². The van der Waals surface area contributed by atoms with Crippen molar-refractivity contribution in [3.63, 3.8) is 0 Å². The lowest BCUT2D eigenvalue weighted by Gasteiger charge is -2.10. The Morgan fingerprint density at radius 2 is 1.75 bits per heavy atom. The van der Waals surface area contributed by atoms with Gasteiger partial charge in [-0.05, 0) is 55.3 Å². The fraction of sp³-hybridized carbons (Fsp3) is 0.250. The maximum Gasteiger partial charge on any atom is 0.364 e. The molecule has 0 saturated carbocycles. The molecule has 0 fully saturated rings. The van der Waals surface area contributed by atoms with E-state index in [1.165, 1.54) is 0 Å². The monoisotopic (exact) mass is 445 g/mol. The van der Waals surface area contributed by atoms with Gasteiger partial charge in [-0.3, -0.25) is 0 Å². The van der Waals surface area contributed by atoms with E-state index in [2.05, 4.69) is 26.2 Å². The second kappa shape index (κ2) is 9.36. The highest BCUT2D eigenvalue weighted by Gasteiger charge is 2.23. The van der Waals surface area contributed by atoms with Gasteiger partial charge < -0.3 is 14.2 Å². The average Bonchev–Trinajstić information content (AvgIpc) is 3.11. The summed E-state index contributed by atoms with van der Waals surface area (Å²) < 4.78 is 18.7. The summed E-state index contributed by atoms with van der Waals surface area (Å²) in [4.78, 5) is 12.2. The van der Waals surface area contributed by atoms with Gasteiger partial charge in [0.1, 0.15) is 11.5 Å². The smallest absolute Gasteiger partial charge is 0.364 e. The molecule has 1 aromatic heterocycles. The first kappa shape index (κ1) is 19.9. The first-order valence-electron chi connectivity index (χ1n) is 8.77. The minimum Gasteiger partial charge on any atom is -0.497 e. The van der Waals surface area contributed by atoms with Gasteiger partial charge in [-0.1, -0.05) is 33.3 Å². The SMILES string of the molecule is CCOC(=O)c1nnn(CCc2ccc(OC)cc2)c1Oc1ccc(Br)cc1. The normalized spacial score (nSPS) is 10.5. The van der Waals surface area contributed by atoms with Crippen LogP contribution in [0.2, 0.25) is 0 Å². The Kier molecular flexibility index (Phi) is 6.65. The molecule has 0 N–H and O–H groups in total. The Morgan fingerprint density at radius 3 is 2.39 bits per heavy atom. The Hall–Kier alpha value is -2.87. The third kappa shape index (κ3) is 4.89. The van der Waals surface area contributed by atoms with Gasteiger partial charge >= 0.3 is 5.97 Å². The number of ether oxygens (including phenoxy) is 3. The Bertz CT molecular complexity index is 924. The second-order valence-electron chi connectivity index (χ2n) is 5.84. The van der Waals surface area contributed by atoms with Crippen LogP contribution in [0.25, 0.3) is 0 Å². The van der Waals surface area contributed by atoms with Crippen molar-refractivity contribution in [3.05, 3.63) is 64.3 Å². The number of aryl methyl sites for hydroxylation is 2. The lowest BCUT2D eigenvalue weighted by atomic mass is 10.1. The largest absolute Gasteiger partial charge is 0.497 e. The zero-order chi connectivity index (χ0) is 19.9. The third-order valence-electron chi connectivity index (χ3n) is 3.96. The van der Waals surface area contributed by atoms with Gasteiger partial charge in [0.25, 0.3) is 5.88 Å². The third-order valence-corrected chi connectivity index (χ3v) is 4.49. The van der Waals surface area contributed by atoms with E-state index in [9.17, 15) is 4.79 Å². The summed E-state index contributed by atoms with van der Waals surface area (Å²) in [5.41, 5.74) is 1.16. The van der Waals surface area contributed by atoms with E-state index in [0.29, 0.717) is 18.7 Å². The molecule has 1 heterocycles. The van der Waals surface area contributed by atoms with Crippen molar-refractivity contribution in [1.82, 2.24) is 15.0 Å². The summed E-state index contributed by atoms with van der Waals surface area (Å²) in [6, 6.07) is 15.1. The lowest BCUT2D eigenvalue weighted by Crippen LogP contribution is -2.09. The number of hydrogen-bond donors (Lipinski definition) is 0. The van der Waals surface area contributed by atoms with Crippen molar-refractivity contribution in [3.8, 4) is 17.4 Å². The quantitative estimate of drug-likeness (QED) is 0.482. The van der Waals surface area contributed by atoms with Crippen molar-refractivity contribution in [2.24, 2.45) is 0 Å². The molecule has 0 aliphatic carbocycles. The topological polar surface area (TPSA) is 75.5 Å². The minimum absolute atomic E-state index is 0.0551. The molecule has 146 valence electrons. The number of aromatic nitrogens is 3. The predicted octanol–water partition coefficient (Wildman–Crippen LogP) is 4.26. The standard InChI is InChI=1S/C20H20BrN3O4/c1-3-27-20(25)18-19(28-17-10-6-15(21)7-11-17)24(23-22-18)13-12-14-4-8-16(26-2)9-5-14/h4-11H,3,12-13H2,1-2H3. The Morgan fingerprint density at radius 1 is 1.07 bits per heavy atom. The number of carbonyl (C=O) groups excluding carboxylic acids is 1.